The Kier molecular flexibility index (Phi) is 3.49. The van der Waals surface area contributed by atoms with Gasteiger partial charge in [0.05, 0.1) is 17.3 Å². The molecule has 3 heterocycles. The lowest BCUT2D eigenvalue weighted by molar-refractivity contribution is -0.144. The van der Waals surface area contributed by atoms with Gasteiger partial charge in [-0.25, -0.2) is 9.50 Å². The number of rotatable bonds is 1. The van der Waals surface area contributed by atoms with E-state index in [2.05, 4.69) is 20.3 Å². The lowest BCUT2D eigenvalue weighted by atomic mass is 9.97. The topological polar surface area (TPSA) is 58.9 Å². The molecule has 0 fully saturated rings. The van der Waals surface area contributed by atoms with Gasteiger partial charge in [0.25, 0.3) is 5.82 Å². The molecule has 1 N–H and O–H groups in total. The Morgan fingerprint density at radius 3 is 2.44 bits per heavy atom. The zero-order chi connectivity index (χ0) is 19.6. The zero-order valence-corrected chi connectivity index (χ0v) is 13.4. The average molecular weight is 385 g/mol. The van der Waals surface area contributed by atoms with E-state index < -0.39 is 35.0 Å². The Balaban J connectivity index is 2.10. The number of H-pyrrole nitrogens is 1. The summed E-state index contributed by atoms with van der Waals surface area (Å²) in [6.07, 6.45) is -7.44. The van der Waals surface area contributed by atoms with Crippen molar-refractivity contribution in [2.45, 2.75) is 19.3 Å². The van der Waals surface area contributed by atoms with Crippen LogP contribution < -0.4 is 0 Å². The molecule has 0 aliphatic heterocycles. The van der Waals surface area contributed by atoms with Crippen molar-refractivity contribution in [3.8, 4) is 11.1 Å². The molecule has 140 valence electrons. The Labute approximate surface area is 146 Å². The molecule has 0 bridgehead atoms. The summed E-state index contributed by atoms with van der Waals surface area (Å²) >= 11 is 0. The standard InChI is InChI=1S/C16H9F6N5/c1-7-4-8(5-9-6-23-25-12(7)9)11-10(15(17,18)19)2-3-27-13(11)24-14(26-27)16(20,21)22/h2-6H,1H3,(H,23,25). The van der Waals surface area contributed by atoms with E-state index in [0.29, 0.717) is 27.0 Å². The summed E-state index contributed by atoms with van der Waals surface area (Å²) in [7, 11) is 0. The number of aromatic amines is 1. The smallest absolute Gasteiger partial charge is 0.278 e. The summed E-state index contributed by atoms with van der Waals surface area (Å²) in [6, 6.07) is 3.54. The van der Waals surface area contributed by atoms with Gasteiger partial charge in [-0.2, -0.15) is 31.4 Å². The van der Waals surface area contributed by atoms with Gasteiger partial charge in [0.2, 0.25) is 0 Å². The van der Waals surface area contributed by atoms with Crippen molar-refractivity contribution in [2.75, 3.05) is 0 Å². The molecular formula is C16H9F6N5. The van der Waals surface area contributed by atoms with Crippen molar-refractivity contribution >= 4 is 16.6 Å². The quantitative estimate of drug-likeness (QED) is 0.487. The molecule has 0 atom stereocenters. The number of nitrogens with zero attached hydrogens (tertiary/aromatic N) is 4. The van der Waals surface area contributed by atoms with Crippen LogP contribution in [0.25, 0.3) is 27.7 Å². The molecular weight excluding hydrogens is 376 g/mol. The van der Waals surface area contributed by atoms with Crippen molar-refractivity contribution in [3.63, 3.8) is 0 Å². The fourth-order valence-electron chi connectivity index (χ4n) is 2.97. The van der Waals surface area contributed by atoms with Crippen molar-refractivity contribution in [1.29, 1.82) is 0 Å². The summed E-state index contributed by atoms with van der Waals surface area (Å²) in [5.41, 5.74) is -0.820. The highest BCUT2D eigenvalue weighted by Crippen LogP contribution is 2.40. The van der Waals surface area contributed by atoms with Gasteiger partial charge in [0.15, 0.2) is 5.65 Å². The third kappa shape index (κ3) is 2.78. The van der Waals surface area contributed by atoms with Crippen LogP contribution in [-0.2, 0) is 12.4 Å². The van der Waals surface area contributed by atoms with E-state index in [4.69, 9.17) is 0 Å². The first kappa shape index (κ1) is 17.3. The summed E-state index contributed by atoms with van der Waals surface area (Å²) in [4.78, 5) is 3.34. The van der Waals surface area contributed by atoms with E-state index in [1.807, 2.05) is 0 Å². The van der Waals surface area contributed by atoms with E-state index in [0.717, 1.165) is 6.20 Å². The van der Waals surface area contributed by atoms with Gasteiger partial charge < -0.3 is 0 Å². The van der Waals surface area contributed by atoms with Crippen molar-refractivity contribution in [3.05, 3.63) is 47.5 Å². The molecule has 0 saturated carbocycles. The van der Waals surface area contributed by atoms with E-state index in [1.165, 1.54) is 18.3 Å². The molecule has 5 nitrogen and oxygen atoms in total. The second kappa shape index (κ2) is 5.44. The molecule has 4 rings (SSSR count). The fraction of sp³-hybridized carbons (Fsp3) is 0.188. The van der Waals surface area contributed by atoms with E-state index >= 15 is 0 Å². The Morgan fingerprint density at radius 2 is 1.78 bits per heavy atom. The molecule has 3 aromatic heterocycles. The first-order chi connectivity index (χ1) is 12.6. The second-order valence-corrected chi connectivity index (χ2v) is 5.93. The van der Waals surface area contributed by atoms with Gasteiger partial charge in [-0.15, -0.1) is 5.10 Å². The zero-order valence-electron chi connectivity index (χ0n) is 13.4. The first-order valence-corrected chi connectivity index (χ1v) is 7.53. The summed E-state index contributed by atoms with van der Waals surface area (Å²) in [5, 5.41) is 10.3. The van der Waals surface area contributed by atoms with Crippen molar-refractivity contribution in [2.24, 2.45) is 0 Å². The highest BCUT2D eigenvalue weighted by atomic mass is 19.4. The number of halogens is 6. The number of hydrogen-bond acceptors (Lipinski definition) is 3. The highest BCUT2D eigenvalue weighted by Gasteiger charge is 2.39. The number of aromatic nitrogens is 5. The molecule has 11 heteroatoms. The van der Waals surface area contributed by atoms with E-state index in [1.54, 1.807) is 6.92 Å². The second-order valence-electron chi connectivity index (χ2n) is 5.93. The van der Waals surface area contributed by atoms with Gasteiger partial charge in [-0.1, -0.05) is 0 Å². The number of pyridine rings is 1. The molecule has 1 aromatic carbocycles. The molecule has 0 unspecified atom stereocenters. The van der Waals surface area contributed by atoms with Crippen LogP contribution in [0.15, 0.2) is 30.6 Å². The Hall–Kier alpha value is -3.11. The first-order valence-electron chi connectivity index (χ1n) is 7.53. The summed E-state index contributed by atoms with van der Waals surface area (Å²) < 4.78 is 80.2. The Bertz CT molecular complexity index is 1170. The van der Waals surface area contributed by atoms with Crippen molar-refractivity contribution < 1.29 is 26.3 Å². The lowest BCUT2D eigenvalue weighted by Crippen LogP contribution is -2.09. The number of aryl methyl sites for hydroxylation is 1. The van der Waals surface area contributed by atoms with Crippen LogP contribution in [0.2, 0.25) is 0 Å². The molecule has 4 aromatic rings. The third-order valence-electron chi connectivity index (χ3n) is 4.10. The van der Waals surface area contributed by atoms with Crippen LogP contribution in [-0.4, -0.2) is 24.8 Å². The van der Waals surface area contributed by atoms with Crippen LogP contribution in [0.3, 0.4) is 0 Å². The summed E-state index contributed by atoms with van der Waals surface area (Å²) in [5.74, 6) is -1.51. The molecule has 0 aliphatic carbocycles. The largest absolute Gasteiger partial charge is 0.453 e. The van der Waals surface area contributed by atoms with Gasteiger partial charge in [-0.3, -0.25) is 5.10 Å². The molecule has 0 amide bonds. The minimum absolute atomic E-state index is 0.0699. The number of benzene rings is 1. The maximum atomic E-state index is 13.6. The minimum atomic E-state index is -4.88. The molecule has 0 spiro atoms. The monoisotopic (exact) mass is 385 g/mol. The van der Waals surface area contributed by atoms with Gasteiger partial charge in [0.1, 0.15) is 0 Å². The van der Waals surface area contributed by atoms with Crippen LogP contribution >= 0.6 is 0 Å². The minimum Gasteiger partial charge on any atom is -0.278 e. The molecule has 27 heavy (non-hydrogen) atoms. The van der Waals surface area contributed by atoms with Crippen LogP contribution in [0.5, 0.6) is 0 Å². The molecule has 0 saturated heterocycles. The van der Waals surface area contributed by atoms with E-state index in [-0.39, 0.29) is 5.56 Å². The van der Waals surface area contributed by atoms with Crippen LogP contribution in [0.1, 0.15) is 17.0 Å². The number of alkyl halides is 6. The SMILES string of the molecule is Cc1cc(-c2c(C(F)(F)F)ccn3nc(C(F)(F)F)nc23)cc2cn[nH]c12. The van der Waals surface area contributed by atoms with Crippen molar-refractivity contribution in [1.82, 2.24) is 24.8 Å². The lowest BCUT2D eigenvalue weighted by Gasteiger charge is -2.14. The van der Waals surface area contributed by atoms with Crippen LogP contribution in [0, 0.1) is 6.92 Å². The third-order valence-corrected chi connectivity index (χ3v) is 4.10. The Morgan fingerprint density at radius 1 is 1.04 bits per heavy atom. The normalized spacial score (nSPS) is 13.0. The van der Waals surface area contributed by atoms with E-state index in [9.17, 15) is 26.3 Å². The van der Waals surface area contributed by atoms with Crippen LogP contribution in [0.4, 0.5) is 26.3 Å². The van der Waals surface area contributed by atoms with Gasteiger partial charge in [0, 0.05) is 17.1 Å². The number of fused-ring (bicyclic) bond motifs is 2. The average Bonchev–Trinajstić information content (AvgIpc) is 3.18. The predicted molar refractivity (Wildman–Crippen MR) is 82.8 cm³/mol. The maximum absolute atomic E-state index is 13.6. The molecule has 0 aliphatic rings. The highest BCUT2D eigenvalue weighted by molar-refractivity contribution is 5.91. The predicted octanol–water partition coefficient (Wildman–Crippen LogP) is 4.62. The van der Waals surface area contributed by atoms with Gasteiger partial charge >= 0.3 is 12.4 Å². The maximum Gasteiger partial charge on any atom is 0.453 e. The fourth-order valence-corrected chi connectivity index (χ4v) is 2.97. The van der Waals surface area contributed by atoms with Gasteiger partial charge in [-0.05, 0) is 36.2 Å². The number of hydrogen-bond donors (Lipinski definition) is 1. The molecule has 0 radical (unpaired) electrons. The number of nitrogens with one attached hydrogen (secondary N) is 1. The summed E-state index contributed by atoms with van der Waals surface area (Å²) in [6.45, 7) is 1.66.